The lowest BCUT2D eigenvalue weighted by Crippen LogP contribution is -2.30. The molecule has 0 aromatic heterocycles. The van der Waals surface area contributed by atoms with Gasteiger partial charge in [-0.25, -0.2) is 4.57 Å². The van der Waals surface area contributed by atoms with Crippen LogP contribution < -0.4 is 0 Å². The van der Waals surface area contributed by atoms with Gasteiger partial charge in [-0.2, -0.15) is 0 Å². The largest absolute Gasteiger partial charge is 0.472 e. The Labute approximate surface area is 434 Å². The number of carbonyl (C=O) groups is 3. The number of esters is 3. The topological polar surface area (TPSA) is 155 Å². The zero-order valence-corrected chi connectivity index (χ0v) is 45.0. The van der Waals surface area contributed by atoms with E-state index in [4.69, 9.17) is 23.3 Å². The molecule has 402 valence electrons. The predicted octanol–water partition coefficient (Wildman–Crippen LogP) is 15.4. The molecule has 0 aromatic carbocycles. The molecule has 0 fully saturated rings. The van der Waals surface area contributed by atoms with Crippen LogP contribution in [0.5, 0.6) is 0 Å². The number of carbonyl (C=O) groups excluding carboxylic acids is 3. The summed E-state index contributed by atoms with van der Waals surface area (Å²) in [6.07, 6.45) is 68.3. The van der Waals surface area contributed by atoms with Crippen molar-refractivity contribution in [2.24, 2.45) is 0 Å². The van der Waals surface area contributed by atoms with E-state index in [1.165, 1.54) is 0 Å². The molecule has 0 rings (SSSR count). The number of allylic oxidation sites excluding steroid dienone is 25. The van der Waals surface area contributed by atoms with Gasteiger partial charge in [0.15, 0.2) is 6.10 Å². The van der Waals surface area contributed by atoms with E-state index in [1.54, 1.807) is 6.08 Å². The smallest absolute Gasteiger partial charge is 0.462 e. The third-order valence-corrected chi connectivity index (χ3v) is 10.9. The van der Waals surface area contributed by atoms with Gasteiger partial charge in [0, 0.05) is 12.8 Å². The fourth-order valence-electron chi connectivity index (χ4n) is 6.08. The summed E-state index contributed by atoms with van der Waals surface area (Å²) >= 11 is 0. The van der Waals surface area contributed by atoms with Gasteiger partial charge in [-0.05, 0) is 109 Å². The quantitative estimate of drug-likeness (QED) is 0.0197. The van der Waals surface area contributed by atoms with E-state index in [9.17, 15) is 28.9 Å². The van der Waals surface area contributed by atoms with Gasteiger partial charge in [-0.3, -0.25) is 23.4 Å². The summed E-state index contributed by atoms with van der Waals surface area (Å²) in [5.74, 6) is -1.76. The number of aliphatic hydroxyl groups is 1. The third-order valence-electron chi connectivity index (χ3n) is 9.97. The minimum absolute atomic E-state index is 0.0378. The van der Waals surface area contributed by atoms with Crippen molar-refractivity contribution in [2.75, 3.05) is 26.4 Å². The summed E-state index contributed by atoms with van der Waals surface area (Å²) in [6, 6.07) is 0. The zero-order chi connectivity index (χ0) is 52.7. The summed E-state index contributed by atoms with van der Waals surface area (Å²) in [5.41, 5.74) is 0. The second kappa shape index (κ2) is 52.4. The van der Waals surface area contributed by atoms with Gasteiger partial charge in [0.25, 0.3) is 0 Å². The number of rotatable bonds is 46. The molecule has 0 bridgehead atoms. The second-order valence-electron chi connectivity index (χ2n) is 16.6. The summed E-state index contributed by atoms with van der Waals surface area (Å²) < 4.78 is 39.1. The molecule has 3 unspecified atom stereocenters. The molecule has 0 spiro atoms. The van der Waals surface area contributed by atoms with E-state index >= 15 is 0 Å². The van der Waals surface area contributed by atoms with Crippen molar-refractivity contribution in [3.8, 4) is 0 Å². The van der Waals surface area contributed by atoms with Crippen LogP contribution in [0.25, 0.3) is 0 Å². The fourth-order valence-corrected chi connectivity index (χ4v) is 6.86. The Kier molecular flexibility index (Phi) is 48.9. The van der Waals surface area contributed by atoms with Crippen LogP contribution >= 0.6 is 7.82 Å². The molecule has 12 heteroatoms. The van der Waals surface area contributed by atoms with Crippen molar-refractivity contribution in [2.45, 2.75) is 174 Å². The minimum atomic E-state index is -4.80. The summed E-state index contributed by atoms with van der Waals surface area (Å²) in [6.45, 7) is 4.02. The molecule has 72 heavy (non-hydrogen) atoms. The second-order valence-corrected chi connectivity index (χ2v) is 18.0. The summed E-state index contributed by atoms with van der Waals surface area (Å²) in [4.78, 5) is 48.3. The molecule has 0 aliphatic rings. The Morgan fingerprint density at radius 3 is 1.19 bits per heavy atom. The van der Waals surface area contributed by atoms with Gasteiger partial charge in [0.1, 0.15) is 12.7 Å². The monoisotopic (exact) mass is 1020 g/mol. The van der Waals surface area contributed by atoms with Crippen LogP contribution in [-0.4, -0.2) is 66.5 Å². The Bertz CT molecular complexity index is 1810. The molecule has 0 aliphatic carbocycles. The molecule has 0 aromatic rings. The first-order valence-corrected chi connectivity index (χ1v) is 27.9. The van der Waals surface area contributed by atoms with Crippen molar-refractivity contribution in [1.29, 1.82) is 0 Å². The van der Waals surface area contributed by atoms with Crippen molar-refractivity contribution < 1.29 is 52.2 Å². The number of hydrogen-bond donors (Lipinski definition) is 2. The lowest BCUT2D eigenvalue weighted by atomic mass is 10.1. The molecule has 0 saturated heterocycles. The first-order valence-electron chi connectivity index (χ1n) is 26.4. The van der Waals surface area contributed by atoms with Gasteiger partial charge in [-0.1, -0.05) is 192 Å². The number of phosphoric acid groups is 1. The van der Waals surface area contributed by atoms with Gasteiger partial charge >= 0.3 is 25.7 Å². The Hall–Kier alpha value is -4.90. The van der Waals surface area contributed by atoms with Crippen LogP contribution in [0.2, 0.25) is 0 Å². The number of unbranched alkanes of at least 4 members (excludes halogenated alkanes) is 4. The van der Waals surface area contributed by atoms with E-state index < -0.39 is 64.4 Å². The molecule has 0 saturated carbocycles. The van der Waals surface area contributed by atoms with Crippen LogP contribution in [0.4, 0.5) is 0 Å². The van der Waals surface area contributed by atoms with Gasteiger partial charge in [0.2, 0.25) is 0 Å². The maximum absolute atomic E-state index is 12.9. The highest BCUT2D eigenvalue weighted by Crippen LogP contribution is 2.43. The molecule has 2 N–H and O–H groups in total. The van der Waals surface area contributed by atoms with E-state index in [0.717, 1.165) is 103 Å². The van der Waals surface area contributed by atoms with E-state index in [-0.39, 0.29) is 19.3 Å². The Morgan fingerprint density at radius 2 is 0.764 bits per heavy atom. The van der Waals surface area contributed by atoms with E-state index in [1.807, 2.05) is 36.5 Å². The highest BCUT2D eigenvalue weighted by atomic mass is 31.2. The first kappa shape index (κ1) is 67.1. The lowest BCUT2D eigenvalue weighted by molar-refractivity contribution is -0.160. The highest BCUT2D eigenvalue weighted by Gasteiger charge is 2.28. The minimum Gasteiger partial charge on any atom is -0.462 e. The highest BCUT2D eigenvalue weighted by molar-refractivity contribution is 7.47. The molecule has 0 radical (unpaired) electrons. The summed E-state index contributed by atoms with van der Waals surface area (Å²) in [7, 11) is -4.80. The van der Waals surface area contributed by atoms with Crippen LogP contribution in [0, 0.1) is 0 Å². The number of hydrogen-bond acceptors (Lipinski definition) is 10. The lowest BCUT2D eigenvalue weighted by Gasteiger charge is -2.21. The first-order chi connectivity index (χ1) is 35.2. The molecule has 11 nitrogen and oxygen atoms in total. The Balaban J connectivity index is 4.99. The van der Waals surface area contributed by atoms with Crippen LogP contribution in [0.15, 0.2) is 158 Å². The van der Waals surface area contributed by atoms with Gasteiger partial charge in [0.05, 0.1) is 26.2 Å². The number of phosphoric ester groups is 1. The molecular weight excluding hydrogens is 928 g/mol. The maximum atomic E-state index is 12.9. The number of ether oxygens (including phenoxy) is 3. The van der Waals surface area contributed by atoms with Gasteiger partial charge < -0.3 is 24.2 Å². The predicted molar refractivity (Wildman–Crippen MR) is 297 cm³/mol. The third kappa shape index (κ3) is 50.1. The molecule has 3 atom stereocenters. The molecule has 0 amide bonds. The molecule has 0 aliphatic heterocycles. The van der Waals surface area contributed by atoms with E-state index in [2.05, 4.69) is 136 Å². The normalized spacial score (nSPS) is 14.7. The maximum Gasteiger partial charge on any atom is 0.472 e. The number of aliphatic hydroxyl groups excluding tert-OH is 1. The van der Waals surface area contributed by atoms with Crippen molar-refractivity contribution >= 4 is 25.7 Å². The molecule has 0 heterocycles. The standard InChI is InChI=1S/C60H91O11P/c1-4-7-10-13-16-19-22-25-27-28-30-32-34-37-40-43-46-49-58(62)67-53-57(71-60(64)51-48-45-42-39-36-33-29-26-23-20-17-14-11-8-5-2)55-69-72(65,66)68-54-56(52-61)70-59(63)50-47-44-41-38-35-31-24-21-18-15-12-9-6-3/h7-12,16-21,25-27,29-32,35-36,39,41,44-45,48,56-57,61H,4-6,13-15,22-24,28,33-34,37-38,40,42-43,46-47,49-55H2,1-3H3,(H,65,66)/b10-7-,11-8-,12-9-,19-16-,20-17-,21-18-,27-25-,29-26-,32-30-,35-31-,39-36-,44-41-,48-45-. The van der Waals surface area contributed by atoms with Crippen molar-refractivity contribution in [3.63, 3.8) is 0 Å². The zero-order valence-electron chi connectivity index (χ0n) is 44.1. The van der Waals surface area contributed by atoms with Crippen molar-refractivity contribution in [1.82, 2.24) is 0 Å². The summed E-state index contributed by atoms with van der Waals surface area (Å²) in [5, 5.41) is 9.76. The van der Waals surface area contributed by atoms with Crippen LogP contribution in [-0.2, 0) is 42.2 Å². The van der Waals surface area contributed by atoms with Crippen molar-refractivity contribution in [3.05, 3.63) is 158 Å². The van der Waals surface area contributed by atoms with Gasteiger partial charge in [-0.15, -0.1) is 0 Å². The average Bonchev–Trinajstić information content (AvgIpc) is 3.37. The van der Waals surface area contributed by atoms with Crippen LogP contribution in [0.1, 0.15) is 162 Å². The molecular formula is C60H91O11P. The SMILES string of the molecule is CC/C=C\C/C=C\C/C=C\C/C=C\C/C=C\CC(=O)OC(COC(=O)CCCCCC/C=C\C/C=C\C/C=C\C/C=C\CC)COP(=O)(O)OCC(CO)OC(=O)CC/C=C\C/C=C\C/C=C\C/C=C\CC. The fraction of sp³-hybridized carbons (Fsp3) is 0.517. The van der Waals surface area contributed by atoms with E-state index in [0.29, 0.717) is 19.3 Å². The average molecular weight is 1020 g/mol. The Morgan fingerprint density at radius 1 is 0.403 bits per heavy atom. The van der Waals surface area contributed by atoms with Crippen LogP contribution in [0.3, 0.4) is 0 Å².